The molecule has 3 heteroatoms. The molecule has 84 valence electrons. The average molecular weight is 216 g/mol. The summed E-state index contributed by atoms with van der Waals surface area (Å²) in [5.41, 5.74) is 2.12. The van der Waals surface area contributed by atoms with Crippen molar-refractivity contribution in [2.75, 3.05) is 14.2 Å². The average Bonchev–Trinajstić information content (AvgIpc) is 2.23. The highest BCUT2D eigenvalue weighted by Crippen LogP contribution is 2.18. The molecule has 0 aromatic carbocycles. The van der Waals surface area contributed by atoms with Crippen molar-refractivity contribution in [1.29, 1.82) is 0 Å². The molecule has 0 radical (unpaired) electrons. The maximum Gasteiger partial charge on any atom is 0.364 e. The zero-order valence-electron chi connectivity index (χ0n) is 10.0. The van der Waals surface area contributed by atoms with E-state index < -0.39 is 8.56 Å². The van der Waals surface area contributed by atoms with Gasteiger partial charge in [0.25, 0.3) is 0 Å². The molecule has 0 unspecified atom stereocenters. The SMILES string of the molecule is CC=C[Si](CCCCCC)(OC)OC. The van der Waals surface area contributed by atoms with Crippen LogP contribution in [0.15, 0.2) is 11.8 Å². The van der Waals surface area contributed by atoms with Crippen molar-refractivity contribution in [2.45, 2.75) is 45.6 Å². The predicted octanol–water partition coefficient (Wildman–Crippen LogP) is 3.42. The van der Waals surface area contributed by atoms with Gasteiger partial charge in [-0.2, -0.15) is 0 Å². The summed E-state index contributed by atoms with van der Waals surface area (Å²) in [6.07, 6.45) is 7.13. The van der Waals surface area contributed by atoms with E-state index in [0.717, 1.165) is 6.04 Å². The number of unbranched alkanes of at least 4 members (excludes halogenated alkanes) is 3. The van der Waals surface area contributed by atoms with Crippen molar-refractivity contribution in [3.63, 3.8) is 0 Å². The summed E-state index contributed by atoms with van der Waals surface area (Å²) in [7, 11) is 1.54. The molecule has 0 aliphatic heterocycles. The van der Waals surface area contributed by atoms with Crippen molar-refractivity contribution >= 4 is 8.56 Å². The molecule has 14 heavy (non-hydrogen) atoms. The lowest BCUT2D eigenvalue weighted by atomic mass is 10.2. The first-order valence-corrected chi connectivity index (χ1v) is 7.59. The van der Waals surface area contributed by atoms with E-state index in [9.17, 15) is 0 Å². The minimum absolute atomic E-state index is 1.07. The van der Waals surface area contributed by atoms with Gasteiger partial charge in [0.05, 0.1) is 0 Å². The first-order chi connectivity index (χ1) is 6.74. The van der Waals surface area contributed by atoms with Gasteiger partial charge in [0.2, 0.25) is 0 Å². The Morgan fingerprint density at radius 1 is 1.07 bits per heavy atom. The second kappa shape index (κ2) is 8.21. The molecule has 0 aliphatic rings. The third kappa shape index (κ3) is 4.93. The van der Waals surface area contributed by atoms with E-state index in [4.69, 9.17) is 8.85 Å². The zero-order chi connectivity index (χ0) is 10.9. The monoisotopic (exact) mass is 216 g/mol. The Balaban J connectivity index is 3.95. The summed E-state index contributed by atoms with van der Waals surface area (Å²) >= 11 is 0. The molecular weight excluding hydrogens is 192 g/mol. The molecule has 0 rings (SSSR count). The molecule has 0 saturated heterocycles. The Hall–Kier alpha value is -0.123. The number of rotatable bonds is 8. The lowest BCUT2D eigenvalue weighted by Gasteiger charge is -2.23. The van der Waals surface area contributed by atoms with Crippen LogP contribution in [0.25, 0.3) is 0 Å². The van der Waals surface area contributed by atoms with Crippen LogP contribution < -0.4 is 0 Å². The van der Waals surface area contributed by atoms with Crippen LogP contribution in [0.2, 0.25) is 6.04 Å². The largest absolute Gasteiger partial charge is 0.395 e. The van der Waals surface area contributed by atoms with Gasteiger partial charge in [-0.3, -0.25) is 0 Å². The molecule has 0 aromatic rings. The molecule has 0 saturated carbocycles. The number of hydrogen-bond acceptors (Lipinski definition) is 2. The third-order valence-electron chi connectivity index (χ3n) is 2.49. The Labute approximate surface area is 89.6 Å². The fourth-order valence-corrected chi connectivity index (χ4v) is 3.82. The summed E-state index contributed by atoms with van der Waals surface area (Å²) in [5.74, 6) is 0. The second-order valence-corrected chi connectivity index (χ2v) is 6.80. The van der Waals surface area contributed by atoms with E-state index >= 15 is 0 Å². The van der Waals surface area contributed by atoms with E-state index in [1.54, 1.807) is 14.2 Å². The topological polar surface area (TPSA) is 18.5 Å². The highest BCUT2D eigenvalue weighted by molar-refractivity contribution is 6.72. The van der Waals surface area contributed by atoms with E-state index in [0.29, 0.717) is 0 Å². The lowest BCUT2D eigenvalue weighted by molar-refractivity contribution is 0.254. The first kappa shape index (κ1) is 13.9. The molecule has 0 atom stereocenters. The van der Waals surface area contributed by atoms with Gasteiger partial charge < -0.3 is 8.85 Å². The van der Waals surface area contributed by atoms with Crippen LogP contribution in [-0.2, 0) is 8.85 Å². The molecule has 0 aliphatic carbocycles. The fourth-order valence-electron chi connectivity index (χ4n) is 1.56. The smallest absolute Gasteiger partial charge is 0.364 e. The van der Waals surface area contributed by atoms with Gasteiger partial charge in [0.1, 0.15) is 0 Å². The van der Waals surface area contributed by atoms with Crippen LogP contribution in [0.1, 0.15) is 39.5 Å². The molecule has 2 nitrogen and oxygen atoms in total. The van der Waals surface area contributed by atoms with Gasteiger partial charge in [-0.25, -0.2) is 0 Å². The van der Waals surface area contributed by atoms with E-state index in [-0.39, 0.29) is 0 Å². The summed E-state index contributed by atoms with van der Waals surface area (Å²) in [5, 5.41) is 0. The standard InChI is InChI=1S/C11H24O2Si/c1-5-7-8-9-11-14(12-3,13-4)10-6-2/h6,10H,5,7-9,11H2,1-4H3. The van der Waals surface area contributed by atoms with Crippen molar-refractivity contribution in [2.24, 2.45) is 0 Å². The van der Waals surface area contributed by atoms with Crippen LogP contribution >= 0.6 is 0 Å². The zero-order valence-corrected chi connectivity index (χ0v) is 11.0. The number of hydrogen-bond donors (Lipinski definition) is 0. The van der Waals surface area contributed by atoms with E-state index in [1.807, 2.05) is 13.0 Å². The Morgan fingerprint density at radius 2 is 1.71 bits per heavy atom. The predicted molar refractivity (Wildman–Crippen MR) is 63.5 cm³/mol. The van der Waals surface area contributed by atoms with Gasteiger partial charge in [-0.05, 0) is 18.7 Å². The minimum Gasteiger partial charge on any atom is -0.395 e. The number of allylic oxidation sites excluding steroid dienone is 1. The minimum atomic E-state index is -1.97. The molecule has 0 N–H and O–H groups in total. The summed E-state index contributed by atoms with van der Waals surface area (Å²) in [6.45, 7) is 4.25. The van der Waals surface area contributed by atoms with Crippen molar-refractivity contribution < 1.29 is 8.85 Å². The maximum atomic E-state index is 5.54. The van der Waals surface area contributed by atoms with E-state index in [2.05, 4.69) is 12.6 Å². The van der Waals surface area contributed by atoms with Gasteiger partial charge in [0, 0.05) is 14.2 Å². The van der Waals surface area contributed by atoms with Crippen LogP contribution in [-0.4, -0.2) is 22.8 Å². The second-order valence-electron chi connectivity index (χ2n) is 3.53. The summed E-state index contributed by atoms with van der Waals surface area (Å²) < 4.78 is 11.1. The summed E-state index contributed by atoms with van der Waals surface area (Å²) in [6, 6.07) is 1.07. The highest BCUT2D eigenvalue weighted by Gasteiger charge is 2.31. The van der Waals surface area contributed by atoms with Crippen molar-refractivity contribution in [1.82, 2.24) is 0 Å². The Morgan fingerprint density at radius 3 is 2.14 bits per heavy atom. The maximum absolute atomic E-state index is 5.54. The van der Waals surface area contributed by atoms with Gasteiger partial charge in [-0.1, -0.05) is 38.7 Å². The van der Waals surface area contributed by atoms with Crippen LogP contribution in [0.3, 0.4) is 0 Å². The quantitative estimate of drug-likeness (QED) is 0.457. The lowest BCUT2D eigenvalue weighted by Crippen LogP contribution is -2.37. The third-order valence-corrected chi connectivity index (χ3v) is 5.76. The van der Waals surface area contributed by atoms with Crippen molar-refractivity contribution in [3.8, 4) is 0 Å². The van der Waals surface area contributed by atoms with Crippen LogP contribution in [0.4, 0.5) is 0 Å². The molecule has 0 bridgehead atoms. The molecule has 0 heterocycles. The van der Waals surface area contributed by atoms with Crippen LogP contribution in [0, 0.1) is 0 Å². The van der Waals surface area contributed by atoms with Gasteiger partial charge in [0.15, 0.2) is 0 Å². The summed E-state index contributed by atoms with van der Waals surface area (Å²) in [4.78, 5) is 0. The molecule has 0 fully saturated rings. The molecular formula is C11H24O2Si. The normalized spacial score (nSPS) is 12.6. The van der Waals surface area contributed by atoms with Gasteiger partial charge >= 0.3 is 8.56 Å². The Kier molecular flexibility index (Phi) is 8.13. The highest BCUT2D eigenvalue weighted by atomic mass is 28.4. The van der Waals surface area contributed by atoms with Crippen LogP contribution in [0.5, 0.6) is 0 Å². The molecule has 0 aromatic heterocycles. The van der Waals surface area contributed by atoms with Crippen molar-refractivity contribution in [3.05, 3.63) is 11.8 Å². The van der Waals surface area contributed by atoms with Gasteiger partial charge in [-0.15, -0.1) is 0 Å². The fraction of sp³-hybridized carbons (Fsp3) is 0.818. The first-order valence-electron chi connectivity index (χ1n) is 5.48. The Bertz CT molecular complexity index is 153. The van der Waals surface area contributed by atoms with E-state index in [1.165, 1.54) is 25.7 Å². The molecule has 0 spiro atoms. The molecule has 0 amide bonds.